The average molecular weight is 225 g/mol. The predicted molar refractivity (Wildman–Crippen MR) is 63.9 cm³/mol. The van der Waals surface area contributed by atoms with Gasteiger partial charge in [-0.25, -0.2) is 4.98 Å². The molecule has 0 atom stereocenters. The van der Waals surface area contributed by atoms with E-state index in [9.17, 15) is 4.21 Å². The highest BCUT2D eigenvalue weighted by Gasteiger charge is 2.15. The van der Waals surface area contributed by atoms with Crippen LogP contribution in [-0.2, 0) is 10.8 Å². The average Bonchev–Trinajstić information content (AvgIpc) is 2.30. The molecule has 1 aliphatic heterocycles. The first-order valence-electron chi connectivity index (χ1n) is 5.03. The van der Waals surface area contributed by atoms with Crippen LogP contribution >= 0.6 is 0 Å². The van der Waals surface area contributed by atoms with E-state index in [1.807, 2.05) is 19.2 Å². The topological polar surface area (TPSA) is 45.2 Å². The molecule has 0 aliphatic carbocycles. The zero-order valence-corrected chi connectivity index (χ0v) is 9.59. The molecule has 0 amide bonds. The number of aromatic nitrogens is 1. The molecule has 2 heterocycles. The van der Waals surface area contributed by atoms with Crippen molar-refractivity contribution in [3.63, 3.8) is 0 Å². The predicted octanol–water partition coefficient (Wildman–Crippen LogP) is 0.692. The fraction of sp³-hybridized carbons (Fsp3) is 0.500. The van der Waals surface area contributed by atoms with Gasteiger partial charge < -0.3 is 10.2 Å². The maximum Gasteiger partial charge on any atom is 0.127 e. The van der Waals surface area contributed by atoms with E-state index in [1.54, 1.807) is 6.20 Å². The third-order valence-corrected chi connectivity index (χ3v) is 3.82. The minimum Gasteiger partial charge on any atom is -0.373 e. The summed E-state index contributed by atoms with van der Waals surface area (Å²) in [4.78, 5) is 6.42. The van der Waals surface area contributed by atoms with Crippen molar-refractivity contribution in [2.75, 3.05) is 41.9 Å². The molecular formula is C10H15N3OS. The molecule has 82 valence electrons. The zero-order chi connectivity index (χ0) is 10.7. The van der Waals surface area contributed by atoms with Crippen molar-refractivity contribution in [1.82, 2.24) is 4.98 Å². The summed E-state index contributed by atoms with van der Waals surface area (Å²) in [6, 6.07) is 4.02. The molecule has 0 spiro atoms. The molecule has 0 aromatic carbocycles. The number of anilines is 2. The van der Waals surface area contributed by atoms with Gasteiger partial charge >= 0.3 is 0 Å². The minimum absolute atomic E-state index is 0.615. The summed E-state index contributed by atoms with van der Waals surface area (Å²) < 4.78 is 11.2. The first kappa shape index (κ1) is 10.4. The van der Waals surface area contributed by atoms with Gasteiger partial charge in [0.2, 0.25) is 0 Å². The molecule has 1 aromatic rings. The van der Waals surface area contributed by atoms with Crippen molar-refractivity contribution in [2.24, 2.45) is 0 Å². The van der Waals surface area contributed by atoms with E-state index >= 15 is 0 Å². The standard InChI is InChI=1S/C10H15N3OS/c1-11-10-8-9(2-3-12-10)13-4-6-15(14)7-5-13/h2-3,8H,4-7H2,1H3,(H,11,12). The lowest BCUT2D eigenvalue weighted by molar-refractivity contribution is 0.673. The van der Waals surface area contributed by atoms with E-state index in [0.717, 1.165) is 36.1 Å². The van der Waals surface area contributed by atoms with Crippen LogP contribution in [0, 0.1) is 0 Å². The maximum atomic E-state index is 11.2. The van der Waals surface area contributed by atoms with Gasteiger partial charge in [-0.15, -0.1) is 0 Å². The number of hydrogen-bond acceptors (Lipinski definition) is 4. The second-order valence-electron chi connectivity index (χ2n) is 3.48. The number of rotatable bonds is 2. The van der Waals surface area contributed by atoms with Gasteiger partial charge in [0.1, 0.15) is 5.82 Å². The van der Waals surface area contributed by atoms with Crippen LogP contribution in [0.5, 0.6) is 0 Å². The van der Waals surface area contributed by atoms with E-state index in [2.05, 4.69) is 15.2 Å². The summed E-state index contributed by atoms with van der Waals surface area (Å²) in [6.07, 6.45) is 1.80. The van der Waals surface area contributed by atoms with Gasteiger partial charge in [0.05, 0.1) is 0 Å². The molecule has 2 rings (SSSR count). The van der Waals surface area contributed by atoms with Crippen molar-refractivity contribution < 1.29 is 4.21 Å². The smallest absolute Gasteiger partial charge is 0.127 e. The lowest BCUT2D eigenvalue weighted by atomic mass is 10.3. The van der Waals surface area contributed by atoms with Gasteiger partial charge in [-0.05, 0) is 6.07 Å². The lowest BCUT2D eigenvalue weighted by Crippen LogP contribution is -2.37. The Balaban J connectivity index is 2.11. The van der Waals surface area contributed by atoms with Crippen molar-refractivity contribution in [1.29, 1.82) is 0 Å². The molecule has 15 heavy (non-hydrogen) atoms. The Morgan fingerprint density at radius 1 is 1.47 bits per heavy atom. The van der Waals surface area contributed by atoms with Gasteiger partial charge in [0.15, 0.2) is 0 Å². The van der Waals surface area contributed by atoms with E-state index in [-0.39, 0.29) is 0 Å². The first-order chi connectivity index (χ1) is 7.29. The third-order valence-electron chi connectivity index (χ3n) is 2.54. The largest absolute Gasteiger partial charge is 0.373 e. The number of pyridine rings is 1. The van der Waals surface area contributed by atoms with Crippen molar-refractivity contribution in [3.05, 3.63) is 18.3 Å². The second-order valence-corrected chi connectivity index (χ2v) is 5.18. The van der Waals surface area contributed by atoms with Gasteiger partial charge in [-0.2, -0.15) is 0 Å². The van der Waals surface area contributed by atoms with Crippen LogP contribution in [0.25, 0.3) is 0 Å². The summed E-state index contributed by atoms with van der Waals surface area (Å²) in [7, 11) is 1.24. The lowest BCUT2D eigenvalue weighted by Gasteiger charge is -2.28. The number of nitrogens with one attached hydrogen (secondary N) is 1. The molecule has 0 unspecified atom stereocenters. The van der Waals surface area contributed by atoms with Crippen LogP contribution in [-0.4, -0.2) is 40.8 Å². The van der Waals surface area contributed by atoms with Crippen LogP contribution in [0.3, 0.4) is 0 Å². The normalized spacial score (nSPS) is 17.8. The first-order valence-corrected chi connectivity index (χ1v) is 6.52. The highest BCUT2D eigenvalue weighted by Crippen LogP contribution is 2.18. The highest BCUT2D eigenvalue weighted by molar-refractivity contribution is 7.85. The zero-order valence-electron chi connectivity index (χ0n) is 8.77. The number of hydrogen-bond donors (Lipinski definition) is 1. The molecular weight excluding hydrogens is 210 g/mol. The Hall–Kier alpha value is -1.10. The van der Waals surface area contributed by atoms with Crippen LogP contribution in [0.1, 0.15) is 0 Å². The van der Waals surface area contributed by atoms with Crippen LogP contribution < -0.4 is 10.2 Å². The monoisotopic (exact) mass is 225 g/mol. The SMILES string of the molecule is CNc1cc(N2CCS(=O)CC2)ccn1. The van der Waals surface area contributed by atoms with Crippen LogP contribution in [0.4, 0.5) is 11.5 Å². The Labute approximate surface area is 92.2 Å². The summed E-state index contributed by atoms with van der Waals surface area (Å²) in [6.45, 7) is 1.75. The Kier molecular flexibility index (Phi) is 3.20. The molecule has 0 bridgehead atoms. The van der Waals surface area contributed by atoms with Crippen molar-refractivity contribution in [3.8, 4) is 0 Å². The minimum atomic E-state index is -0.615. The van der Waals surface area contributed by atoms with E-state index in [4.69, 9.17) is 0 Å². The van der Waals surface area contributed by atoms with E-state index < -0.39 is 10.8 Å². The molecule has 1 aromatic heterocycles. The maximum absolute atomic E-state index is 11.2. The molecule has 1 N–H and O–H groups in total. The fourth-order valence-electron chi connectivity index (χ4n) is 1.65. The fourth-order valence-corrected chi connectivity index (χ4v) is 2.70. The van der Waals surface area contributed by atoms with Gasteiger partial charge in [0.25, 0.3) is 0 Å². The third kappa shape index (κ3) is 2.47. The highest BCUT2D eigenvalue weighted by atomic mass is 32.2. The Morgan fingerprint density at radius 3 is 2.87 bits per heavy atom. The van der Waals surface area contributed by atoms with E-state index in [1.165, 1.54) is 0 Å². The number of nitrogens with zero attached hydrogens (tertiary/aromatic N) is 2. The van der Waals surface area contributed by atoms with Gasteiger partial charge in [0, 0.05) is 60.4 Å². The molecule has 4 nitrogen and oxygen atoms in total. The van der Waals surface area contributed by atoms with Crippen molar-refractivity contribution in [2.45, 2.75) is 0 Å². The quantitative estimate of drug-likeness (QED) is 0.804. The second kappa shape index (κ2) is 4.61. The summed E-state index contributed by atoms with van der Waals surface area (Å²) in [5.41, 5.74) is 1.16. The summed E-state index contributed by atoms with van der Waals surface area (Å²) in [5.74, 6) is 2.42. The van der Waals surface area contributed by atoms with Crippen LogP contribution in [0.2, 0.25) is 0 Å². The van der Waals surface area contributed by atoms with Crippen molar-refractivity contribution >= 4 is 22.3 Å². The van der Waals surface area contributed by atoms with Gasteiger partial charge in [-0.1, -0.05) is 0 Å². The molecule has 1 saturated heterocycles. The summed E-state index contributed by atoms with van der Waals surface area (Å²) >= 11 is 0. The molecule has 1 aliphatic rings. The van der Waals surface area contributed by atoms with Crippen LogP contribution in [0.15, 0.2) is 18.3 Å². The molecule has 1 fully saturated rings. The Morgan fingerprint density at radius 2 is 2.20 bits per heavy atom. The molecule has 5 heteroatoms. The van der Waals surface area contributed by atoms with Gasteiger partial charge in [-0.3, -0.25) is 4.21 Å². The van der Waals surface area contributed by atoms with E-state index in [0.29, 0.717) is 0 Å². The Bertz CT molecular complexity index is 359. The molecule has 0 saturated carbocycles. The summed E-state index contributed by atoms with van der Waals surface area (Å²) in [5, 5.41) is 3.02. The molecule has 0 radical (unpaired) electrons.